The minimum absolute atomic E-state index is 0.130. The fraction of sp³-hybridized carbons (Fsp3) is 0.652. The minimum Gasteiger partial charge on any atom is -0.447 e. The van der Waals surface area contributed by atoms with E-state index in [-0.39, 0.29) is 18.0 Å². The fourth-order valence-corrected chi connectivity index (χ4v) is 18.6. The molecule has 0 spiro atoms. The van der Waals surface area contributed by atoms with E-state index in [1.54, 1.807) is 4.90 Å². The first-order valence-electron chi connectivity index (χ1n) is 11.1. The number of rotatable bonds is 7. The van der Waals surface area contributed by atoms with Crippen LogP contribution in [-0.4, -0.2) is 61.9 Å². The van der Waals surface area contributed by atoms with Crippen molar-refractivity contribution in [3.8, 4) is 0 Å². The SMILES string of the molecule is CC(C)C[C@@]1(N2C(=O)OC[C@@H]2c2ccccc2)CN(C([Si](C)(C)C)[Si](C)(C)C)C1=O. The van der Waals surface area contributed by atoms with E-state index in [0.717, 1.165) is 5.56 Å². The van der Waals surface area contributed by atoms with Gasteiger partial charge in [-0.1, -0.05) is 83.5 Å². The average Bonchev–Trinajstić information content (AvgIpc) is 3.00. The number of hydrogen-bond acceptors (Lipinski definition) is 3. The average molecular weight is 447 g/mol. The second-order valence-corrected chi connectivity index (χ2v) is 22.7. The van der Waals surface area contributed by atoms with E-state index in [0.29, 0.717) is 30.8 Å². The molecule has 2 fully saturated rings. The van der Waals surface area contributed by atoms with Crippen LogP contribution in [0.1, 0.15) is 31.9 Å². The summed E-state index contributed by atoms with van der Waals surface area (Å²) in [6.07, 6.45) is 0.320. The van der Waals surface area contributed by atoms with Crippen molar-refractivity contribution in [3.05, 3.63) is 35.9 Å². The van der Waals surface area contributed by atoms with Crippen LogP contribution in [0.15, 0.2) is 30.3 Å². The molecular weight excluding hydrogens is 408 g/mol. The van der Waals surface area contributed by atoms with Gasteiger partial charge in [-0.15, -0.1) is 0 Å². The summed E-state index contributed by atoms with van der Waals surface area (Å²) in [7, 11) is -3.21. The minimum atomic E-state index is -1.60. The molecule has 1 aromatic carbocycles. The molecule has 0 unspecified atom stereocenters. The number of likely N-dealkylation sites (tertiary alicyclic amines) is 1. The van der Waals surface area contributed by atoms with Crippen LogP contribution < -0.4 is 0 Å². The van der Waals surface area contributed by atoms with E-state index >= 15 is 0 Å². The van der Waals surface area contributed by atoms with Crippen LogP contribution in [-0.2, 0) is 9.53 Å². The van der Waals surface area contributed by atoms with Crippen molar-refractivity contribution in [3.63, 3.8) is 0 Å². The van der Waals surface area contributed by atoms with Gasteiger partial charge in [-0.05, 0) is 17.9 Å². The van der Waals surface area contributed by atoms with Gasteiger partial charge in [0.1, 0.15) is 12.1 Å². The number of carbonyl (C=O) groups excluding carboxylic acids is 2. The number of β-lactam (4-membered cyclic amide) rings is 1. The Morgan fingerprint density at radius 3 is 2.07 bits per heavy atom. The summed E-state index contributed by atoms with van der Waals surface area (Å²) >= 11 is 0. The van der Waals surface area contributed by atoms with Crippen LogP contribution in [0, 0.1) is 5.92 Å². The molecule has 0 N–H and O–H groups in total. The molecule has 0 aromatic heterocycles. The number of ether oxygens (including phenoxy) is 1. The maximum atomic E-state index is 14.0. The van der Waals surface area contributed by atoms with Crippen LogP contribution in [0.25, 0.3) is 0 Å². The third-order valence-corrected chi connectivity index (χ3v) is 15.4. The molecule has 2 saturated heterocycles. The van der Waals surface area contributed by atoms with Crippen molar-refractivity contribution in [2.24, 2.45) is 5.92 Å². The first kappa shape index (κ1) is 23.1. The Balaban J connectivity index is 2.01. The Labute approximate surface area is 183 Å². The molecule has 2 aliphatic rings. The summed E-state index contributed by atoms with van der Waals surface area (Å²) < 4.78 is 5.51. The fourth-order valence-electron chi connectivity index (χ4n) is 5.96. The topological polar surface area (TPSA) is 49.9 Å². The summed E-state index contributed by atoms with van der Waals surface area (Å²) in [5.41, 5.74) is 0.240. The molecule has 2 heterocycles. The van der Waals surface area contributed by atoms with Gasteiger partial charge in [-0.3, -0.25) is 9.69 Å². The molecule has 0 radical (unpaired) electrons. The van der Waals surface area contributed by atoms with Gasteiger partial charge in [0.05, 0.1) is 28.7 Å². The van der Waals surface area contributed by atoms with Gasteiger partial charge in [0.25, 0.3) is 0 Å². The number of nitrogens with zero attached hydrogens (tertiary/aromatic N) is 2. The van der Waals surface area contributed by atoms with Crippen LogP contribution in [0.2, 0.25) is 39.3 Å². The zero-order valence-corrected chi connectivity index (χ0v) is 21.9. The Morgan fingerprint density at radius 2 is 1.60 bits per heavy atom. The second-order valence-electron chi connectivity index (χ2n) is 11.6. The van der Waals surface area contributed by atoms with E-state index in [2.05, 4.69) is 58.0 Å². The maximum Gasteiger partial charge on any atom is 0.411 e. The van der Waals surface area contributed by atoms with Gasteiger partial charge in [0.2, 0.25) is 5.91 Å². The molecule has 1 aromatic rings. The van der Waals surface area contributed by atoms with Crippen molar-refractivity contribution >= 4 is 28.1 Å². The molecule has 0 saturated carbocycles. The van der Waals surface area contributed by atoms with Gasteiger partial charge >= 0.3 is 6.09 Å². The summed E-state index contributed by atoms with van der Waals surface area (Å²) in [4.78, 5) is 30.8. The van der Waals surface area contributed by atoms with E-state index in [9.17, 15) is 9.59 Å². The van der Waals surface area contributed by atoms with Crippen molar-refractivity contribution in [1.29, 1.82) is 0 Å². The molecule has 7 heteroatoms. The summed E-state index contributed by atoms with van der Waals surface area (Å²) in [5.74, 6) is 0.434. The lowest BCUT2D eigenvalue weighted by atomic mass is 9.78. The van der Waals surface area contributed by atoms with Crippen LogP contribution in [0.4, 0.5) is 4.79 Å². The standard InChI is InChI=1S/C23H38N2O3Si2/c1-17(2)14-23(16-24(20(23)26)22(29(3,4)5)30(6,7)8)25-19(15-28-21(25)27)18-12-10-9-11-13-18/h9-13,17,19,22H,14-16H2,1-8H3/t19-,23-/m1/s1. The number of amides is 2. The van der Waals surface area contributed by atoms with Crippen molar-refractivity contribution in [2.75, 3.05) is 13.2 Å². The van der Waals surface area contributed by atoms with E-state index in [1.165, 1.54) is 0 Å². The number of benzene rings is 1. The van der Waals surface area contributed by atoms with E-state index < -0.39 is 21.7 Å². The highest BCUT2D eigenvalue weighted by Gasteiger charge is 2.64. The summed E-state index contributed by atoms with van der Waals surface area (Å²) in [6, 6.07) is 9.77. The molecule has 2 amide bonds. The molecule has 0 aliphatic carbocycles. The molecule has 3 rings (SSSR count). The number of carbonyl (C=O) groups is 2. The third-order valence-electron chi connectivity index (χ3n) is 6.31. The predicted molar refractivity (Wildman–Crippen MR) is 127 cm³/mol. The van der Waals surface area contributed by atoms with E-state index in [4.69, 9.17) is 4.74 Å². The lowest BCUT2D eigenvalue weighted by Gasteiger charge is -2.60. The quantitative estimate of drug-likeness (QED) is 0.441. The van der Waals surface area contributed by atoms with Gasteiger partial charge in [0.15, 0.2) is 0 Å². The van der Waals surface area contributed by atoms with Crippen LogP contribution >= 0.6 is 0 Å². The van der Waals surface area contributed by atoms with Crippen molar-refractivity contribution < 1.29 is 14.3 Å². The summed E-state index contributed by atoms with van der Waals surface area (Å²) in [5, 5.41) is 0.353. The molecule has 0 bridgehead atoms. The normalized spacial score (nSPS) is 25.2. The van der Waals surface area contributed by atoms with Gasteiger partial charge in [-0.25, -0.2) is 4.79 Å². The Morgan fingerprint density at radius 1 is 1.03 bits per heavy atom. The molecule has 166 valence electrons. The number of hydrogen-bond donors (Lipinski definition) is 0. The molecule has 5 nitrogen and oxygen atoms in total. The Bertz CT molecular complexity index is 787. The molecule has 30 heavy (non-hydrogen) atoms. The zero-order valence-electron chi connectivity index (χ0n) is 19.9. The summed E-state index contributed by atoms with van der Waals surface area (Å²) in [6.45, 7) is 19.4. The van der Waals surface area contributed by atoms with Crippen LogP contribution in [0.5, 0.6) is 0 Å². The smallest absolute Gasteiger partial charge is 0.411 e. The van der Waals surface area contributed by atoms with E-state index in [1.807, 2.05) is 30.3 Å². The number of cyclic esters (lactones) is 1. The second kappa shape index (κ2) is 7.82. The van der Waals surface area contributed by atoms with Crippen LogP contribution in [0.3, 0.4) is 0 Å². The lowest BCUT2D eigenvalue weighted by molar-refractivity contribution is -0.164. The van der Waals surface area contributed by atoms with Crippen molar-refractivity contribution in [1.82, 2.24) is 9.80 Å². The highest BCUT2D eigenvalue weighted by atomic mass is 28.4. The van der Waals surface area contributed by atoms with Crippen molar-refractivity contribution in [2.45, 2.75) is 76.4 Å². The maximum absolute atomic E-state index is 14.0. The monoisotopic (exact) mass is 446 g/mol. The first-order valence-corrected chi connectivity index (χ1v) is 18.3. The molecular formula is C23H38N2O3Si2. The predicted octanol–water partition coefficient (Wildman–Crippen LogP) is 4.93. The highest BCUT2D eigenvalue weighted by molar-refractivity contribution is 6.96. The molecule has 2 atom stereocenters. The van der Waals surface area contributed by atoms with Gasteiger partial charge in [-0.2, -0.15) is 0 Å². The third kappa shape index (κ3) is 3.98. The van der Waals surface area contributed by atoms with Gasteiger partial charge in [0, 0.05) is 5.29 Å². The molecule has 2 aliphatic heterocycles. The Hall–Kier alpha value is -1.61. The van der Waals surface area contributed by atoms with Gasteiger partial charge < -0.3 is 9.64 Å². The highest BCUT2D eigenvalue weighted by Crippen LogP contribution is 2.46. The lowest BCUT2D eigenvalue weighted by Crippen LogP contribution is -2.81. The first-order chi connectivity index (χ1) is 13.8. The zero-order chi connectivity index (χ0) is 22.5. The Kier molecular flexibility index (Phi) is 6.01. The largest absolute Gasteiger partial charge is 0.447 e.